The van der Waals surface area contributed by atoms with Crippen molar-refractivity contribution in [1.82, 2.24) is 9.97 Å². The van der Waals surface area contributed by atoms with E-state index in [1.165, 1.54) is 0 Å². The van der Waals surface area contributed by atoms with Gasteiger partial charge in [0, 0.05) is 16.0 Å². The van der Waals surface area contributed by atoms with Crippen LogP contribution in [0.4, 0.5) is 0 Å². The van der Waals surface area contributed by atoms with E-state index in [4.69, 9.17) is 22.8 Å². The second kappa shape index (κ2) is 6.55. The molecule has 126 valence electrons. The van der Waals surface area contributed by atoms with E-state index >= 15 is 0 Å². The van der Waals surface area contributed by atoms with Gasteiger partial charge in [0.05, 0.1) is 16.6 Å². The molecule has 0 amide bonds. The lowest BCUT2D eigenvalue weighted by molar-refractivity contribution is 0.0557. The molecule has 0 saturated carbocycles. The normalized spacial score (nSPS) is 10.8. The Labute approximate surface area is 154 Å². The van der Waals surface area contributed by atoms with Gasteiger partial charge in [0.1, 0.15) is 5.82 Å². The zero-order valence-electron chi connectivity index (χ0n) is 13.6. The van der Waals surface area contributed by atoms with E-state index < -0.39 is 5.97 Å². The van der Waals surface area contributed by atoms with Gasteiger partial charge in [-0.05, 0) is 29.7 Å². The average molecular weight is 361 g/mol. The number of hydrogen-bond acceptors (Lipinski definition) is 3. The highest BCUT2D eigenvalue weighted by Crippen LogP contribution is 2.32. The van der Waals surface area contributed by atoms with Crippen molar-refractivity contribution in [3.05, 3.63) is 65.2 Å². The number of halogens is 1. The topological polar surface area (TPSA) is 55.0 Å². The number of nitrogens with zero attached hydrogens (tertiary/aromatic N) is 1. The van der Waals surface area contributed by atoms with Crippen LogP contribution in [0.25, 0.3) is 33.2 Å². The lowest BCUT2D eigenvalue weighted by Crippen LogP contribution is -2.04. The number of fused-ring (bicyclic) bond motifs is 2. The van der Waals surface area contributed by atoms with E-state index in [9.17, 15) is 4.79 Å². The third kappa shape index (κ3) is 2.79. The maximum absolute atomic E-state index is 12.0. The number of aromatic nitrogens is 2. The molecule has 5 heteroatoms. The molecule has 0 atom stereocenters. The molecule has 0 aliphatic rings. The van der Waals surface area contributed by atoms with Gasteiger partial charge in [0.15, 0.2) is 6.61 Å². The lowest BCUT2D eigenvalue weighted by atomic mass is 10.0. The van der Waals surface area contributed by atoms with Crippen LogP contribution in [0, 0.1) is 12.3 Å². The molecule has 1 heterocycles. The Bertz CT molecular complexity index is 1190. The number of H-pyrrole nitrogens is 1. The first-order chi connectivity index (χ1) is 12.7. The largest absolute Gasteiger partial charge is 0.449 e. The second-order valence-electron chi connectivity index (χ2n) is 5.74. The van der Waals surface area contributed by atoms with E-state index in [2.05, 4.69) is 15.9 Å². The Kier molecular flexibility index (Phi) is 4.08. The Morgan fingerprint density at radius 1 is 1.15 bits per heavy atom. The molecular weight excluding hydrogens is 348 g/mol. The molecule has 26 heavy (non-hydrogen) atoms. The molecule has 0 unspecified atom stereocenters. The smallest absolute Gasteiger partial charge is 0.339 e. The average Bonchev–Trinajstić information content (AvgIpc) is 3.09. The van der Waals surface area contributed by atoms with Gasteiger partial charge in [-0.3, -0.25) is 0 Å². The summed E-state index contributed by atoms with van der Waals surface area (Å²) in [6.45, 7) is -0.0537. The number of carbonyl (C=O) groups is 1. The van der Waals surface area contributed by atoms with Crippen LogP contribution in [0.5, 0.6) is 0 Å². The lowest BCUT2D eigenvalue weighted by Gasteiger charge is -2.05. The Balaban J connectivity index is 1.80. The monoisotopic (exact) mass is 360 g/mol. The molecular formula is C21H13ClN2O2. The summed E-state index contributed by atoms with van der Waals surface area (Å²) < 4.78 is 4.96. The van der Waals surface area contributed by atoms with E-state index in [0.29, 0.717) is 16.4 Å². The zero-order chi connectivity index (χ0) is 18.1. The van der Waals surface area contributed by atoms with Crippen LogP contribution in [0.3, 0.4) is 0 Å². The Hall–Kier alpha value is -3.29. The maximum atomic E-state index is 12.0. The van der Waals surface area contributed by atoms with Crippen molar-refractivity contribution in [1.29, 1.82) is 0 Å². The Morgan fingerprint density at radius 3 is 2.81 bits per heavy atom. The minimum Gasteiger partial charge on any atom is -0.449 e. The summed E-state index contributed by atoms with van der Waals surface area (Å²) in [4.78, 5) is 19.9. The van der Waals surface area contributed by atoms with Gasteiger partial charge in [-0.15, -0.1) is 6.42 Å². The number of rotatable bonds is 3. The predicted molar refractivity (Wildman–Crippen MR) is 103 cm³/mol. The predicted octanol–water partition coefficient (Wildman–Crippen LogP) is 4.83. The van der Waals surface area contributed by atoms with Gasteiger partial charge in [0.25, 0.3) is 0 Å². The van der Waals surface area contributed by atoms with Crippen molar-refractivity contribution in [2.45, 2.75) is 0 Å². The highest BCUT2D eigenvalue weighted by molar-refractivity contribution is 6.35. The van der Waals surface area contributed by atoms with Gasteiger partial charge >= 0.3 is 5.97 Å². The standard InChI is InChI=1S/C21H13ClN2O2/c1-2-11-26-21(25)13-9-10-18-19(12-13)24-20(23-18)16-7-3-6-15-14(16)5-4-8-17(15)22/h1,3-10,12H,11H2,(H,23,24). The van der Waals surface area contributed by atoms with Crippen molar-refractivity contribution in [2.75, 3.05) is 6.61 Å². The van der Waals surface area contributed by atoms with Crippen LogP contribution in [0.1, 0.15) is 10.4 Å². The first-order valence-corrected chi connectivity index (χ1v) is 8.33. The zero-order valence-corrected chi connectivity index (χ0v) is 14.4. The molecule has 4 rings (SSSR count). The summed E-state index contributed by atoms with van der Waals surface area (Å²) in [6.07, 6.45) is 5.12. The summed E-state index contributed by atoms with van der Waals surface area (Å²) >= 11 is 6.30. The van der Waals surface area contributed by atoms with Gasteiger partial charge < -0.3 is 9.72 Å². The molecule has 0 saturated heterocycles. The number of esters is 1. The molecule has 1 N–H and O–H groups in total. The van der Waals surface area contributed by atoms with Gasteiger partial charge in [0.2, 0.25) is 0 Å². The SMILES string of the molecule is C#CCOC(=O)c1ccc2nc(-c3cccc4c(Cl)cccc34)[nH]c2c1. The van der Waals surface area contributed by atoms with Crippen molar-refractivity contribution < 1.29 is 9.53 Å². The van der Waals surface area contributed by atoms with E-state index in [1.807, 2.05) is 36.4 Å². The minimum absolute atomic E-state index is 0.0537. The van der Waals surface area contributed by atoms with Gasteiger partial charge in [-0.1, -0.05) is 47.9 Å². The van der Waals surface area contributed by atoms with Crippen LogP contribution >= 0.6 is 11.6 Å². The van der Waals surface area contributed by atoms with Crippen molar-refractivity contribution >= 4 is 39.4 Å². The summed E-state index contributed by atoms with van der Waals surface area (Å²) in [5.41, 5.74) is 2.86. The number of benzene rings is 3. The van der Waals surface area contributed by atoms with E-state index in [1.54, 1.807) is 18.2 Å². The van der Waals surface area contributed by atoms with Gasteiger partial charge in [-0.2, -0.15) is 0 Å². The highest BCUT2D eigenvalue weighted by Gasteiger charge is 2.13. The number of terminal acetylenes is 1. The fourth-order valence-corrected chi connectivity index (χ4v) is 3.17. The molecule has 0 fully saturated rings. The van der Waals surface area contributed by atoms with Crippen LogP contribution in [-0.2, 0) is 4.74 Å². The van der Waals surface area contributed by atoms with Crippen LogP contribution in [0.15, 0.2) is 54.6 Å². The highest BCUT2D eigenvalue weighted by atomic mass is 35.5. The third-order valence-electron chi connectivity index (χ3n) is 4.13. The summed E-state index contributed by atoms with van der Waals surface area (Å²) in [5, 5.41) is 2.66. The van der Waals surface area contributed by atoms with Crippen molar-refractivity contribution in [2.24, 2.45) is 0 Å². The molecule has 4 aromatic rings. The van der Waals surface area contributed by atoms with Crippen LogP contribution in [-0.4, -0.2) is 22.5 Å². The number of imidazole rings is 1. The molecule has 1 aromatic heterocycles. The third-order valence-corrected chi connectivity index (χ3v) is 4.46. The molecule has 0 aliphatic carbocycles. The molecule has 0 spiro atoms. The van der Waals surface area contributed by atoms with E-state index in [0.717, 1.165) is 27.4 Å². The van der Waals surface area contributed by atoms with E-state index in [-0.39, 0.29) is 6.61 Å². The summed E-state index contributed by atoms with van der Waals surface area (Å²) in [7, 11) is 0. The molecule has 0 aliphatic heterocycles. The fourth-order valence-electron chi connectivity index (χ4n) is 2.93. The minimum atomic E-state index is -0.460. The second-order valence-corrected chi connectivity index (χ2v) is 6.15. The van der Waals surface area contributed by atoms with Crippen LogP contribution in [0.2, 0.25) is 5.02 Å². The number of ether oxygens (including phenoxy) is 1. The summed E-state index contributed by atoms with van der Waals surface area (Å²) in [6, 6.07) is 16.8. The maximum Gasteiger partial charge on any atom is 0.339 e. The Morgan fingerprint density at radius 2 is 1.96 bits per heavy atom. The molecule has 0 radical (unpaired) electrons. The van der Waals surface area contributed by atoms with Crippen molar-refractivity contribution in [3.63, 3.8) is 0 Å². The van der Waals surface area contributed by atoms with Crippen LogP contribution < -0.4 is 0 Å². The van der Waals surface area contributed by atoms with Crippen molar-refractivity contribution in [3.8, 4) is 23.7 Å². The molecule has 3 aromatic carbocycles. The van der Waals surface area contributed by atoms with Gasteiger partial charge in [-0.25, -0.2) is 9.78 Å². The fraction of sp³-hybridized carbons (Fsp3) is 0.0476. The first kappa shape index (κ1) is 16.2. The molecule has 0 bridgehead atoms. The number of aromatic amines is 1. The number of hydrogen-bond donors (Lipinski definition) is 1. The first-order valence-electron chi connectivity index (χ1n) is 7.95. The number of nitrogens with one attached hydrogen (secondary N) is 1. The quantitative estimate of drug-likeness (QED) is 0.420. The number of carbonyl (C=O) groups excluding carboxylic acids is 1. The molecule has 4 nitrogen and oxygen atoms in total. The summed E-state index contributed by atoms with van der Waals surface area (Å²) in [5.74, 6) is 2.53.